The van der Waals surface area contributed by atoms with Crippen LogP contribution in [-0.2, 0) is 20.9 Å². The SMILES string of the molecule is CN(C(=O)[C@H](CC(=O)O)NC(=O)OCc1ccccc1)c1ccc(F)cc1. The number of alkyl carbamates (subject to hydrolysis) is 1. The van der Waals surface area contributed by atoms with Gasteiger partial charge in [0.1, 0.15) is 18.5 Å². The van der Waals surface area contributed by atoms with Crippen LogP contribution in [0.3, 0.4) is 0 Å². The number of hydrogen-bond donors (Lipinski definition) is 2. The van der Waals surface area contributed by atoms with Crippen molar-refractivity contribution in [1.29, 1.82) is 0 Å². The maximum absolute atomic E-state index is 13.0. The molecular formula is C19H19FN2O5. The molecule has 0 unspecified atom stereocenters. The van der Waals surface area contributed by atoms with Crippen LogP contribution in [0, 0.1) is 5.82 Å². The highest BCUT2D eigenvalue weighted by atomic mass is 19.1. The van der Waals surface area contributed by atoms with Gasteiger partial charge < -0.3 is 20.1 Å². The topological polar surface area (TPSA) is 95.9 Å². The van der Waals surface area contributed by atoms with Crippen molar-refractivity contribution < 1.29 is 28.6 Å². The van der Waals surface area contributed by atoms with E-state index in [1.165, 1.54) is 31.3 Å². The molecule has 0 heterocycles. The van der Waals surface area contributed by atoms with Gasteiger partial charge in [-0.15, -0.1) is 0 Å². The van der Waals surface area contributed by atoms with Crippen LogP contribution < -0.4 is 10.2 Å². The van der Waals surface area contributed by atoms with Crippen LogP contribution in [0.5, 0.6) is 0 Å². The normalized spacial score (nSPS) is 11.3. The minimum absolute atomic E-state index is 0.0194. The summed E-state index contributed by atoms with van der Waals surface area (Å²) in [5.74, 6) is -2.39. The largest absolute Gasteiger partial charge is 0.481 e. The van der Waals surface area contributed by atoms with Gasteiger partial charge in [-0.1, -0.05) is 30.3 Å². The van der Waals surface area contributed by atoms with Crippen molar-refractivity contribution in [2.24, 2.45) is 0 Å². The lowest BCUT2D eigenvalue weighted by atomic mass is 10.1. The summed E-state index contributed by atoms with van der Waals surface area (Å²) in [5.41, 5.74) is 1.11. The lowest BCUT2D eigenvalue weighted by Crippen LogP contribution is -2.48. The fourth-order valence-electron chi connectivity index (χ4n) is 2.31. The van der Waals surface area contributed by atoms with Crippen LogP contribution in [0.15, 0.2) is 54.6 Å². The molecule has 0 radical (unpaired) electrons. The van der Waals surface area contributed by atoms with E-state index in [9.17, 15) is 18.8 Å². The third-order valence-electron chi connectivity index (χ3n) is 3.73. The summed E-state index contributed by atoms with van der Waals surface area (Å²) >= 11 is 0. The van der Waals surface area contributed by atoms with Crippen molar-refractivity contribution in [3.05, 3.63) is 66.0 Å². The number of likely N-dealkylation sites (N-methyl/N-ethyl adjacent to an activating group) is 1. The van der Waals surface area contributed by atoms with Crippen LogP contribution in [-0.4, -0.2) is 36.2 Å². The van der Waals surface area contributed by atoms with E-state index in [1.54, 1.807) is 24.3 Å². The number of carboxylic acid groups (broad SMARTS) is 1. The molecule has 2 aromatic carbocycles. The lowest BCUT2D eigenvalue weighted by Gasteiger charge is -2.23. The molecule has 0 fully saturated rings. The van der Waals surface area contributed by atoms with Crippen molar-refractivity contribution in [3.8, 4) is 0 Å². The summed E-state index contributed by atoms with van der Waals surface area (Å²) in [6.45, 7) is -0.0194. The van der Waals surface area contributed by atoms with Gasteiger partial charge in [-0.3, -0.25) is 9.59 Å². The van der Waals surface area contributed by atoms with Gasteiger partial charge in [0.15, 0.2) is 0 Å². The number of carbonyl (C=O) groups excluding carboxylic acids is 2. The predicted octanol–water partition coefficient (Wildman–Crippen LogP) is 2.56. The van der Waals surface area contributed by atoms with Gasteiger partial charge >= 0.3 is 12.1 Å². The Morgan fingerprint density at radius 3 is 2.33 bits per heavy atom. The first-order chi connectivity index (χ1) is 12.9. The Hall–Kier alpha value is -3.42. The molecule has 0 aliphatic heterocycles. The van der Waals surface area contributed by atoms with Crippen molar-refractivity contribution in [1.82, 2.24) is 5.32 Å². The zero-order valence-electron chi connectivity index (χ0n) is 14.6. The first-order valence-corrected chi connectivity index (χ1v) is 8.09. The molecule has 0 spiro atoms. The van der Waals surface area contributed by atoms with Crippen LogP contribution in [0.4, 0.5) is 14.9 Å². The van der Waals surface area contributed by atoms with Gasteiger partial charge in [-0.25, -0.2) is 9.18 Å². The van der Waals surface area contributed by atoms with E-state index in [2.05, 4.69) is 5.32 Å². The average molecular weight is 374 g/mol. The van der Waals surface area contributed by atoms with E-state index in [4.69, 9.17) is 9.84 Å². The van der Waals surface area contributed by atoms with Crippen LogP contribution in [0.2, 0.25) is 0 Å². The molecule has 0 aliphatic carbocycles. The molecule has 2 rings (SSSR count). The lowest BCUT2D eigenvalue weighted by molar-refractivity contribution is -0.139. The van der Waals surface area contributed by atoms with Gasteiger partial charge in [0, 0.05) is 12.7 Å². The molecule has 0 saturated carbocycles. The molecule has 7 nitrogen and oxygen atoms in total. The molecule has 0 aromatic heterocycles. The van der Waals surface area contributed by atoms with Gasteiger partial charge in [-0.05, 0) is 29.8 Å². The Bertz CT molecular complexity index is 796. The third-order valence-corrected chi connectivity index (χ3v) is 3.73. The second kappa shape index (κ2) is 9.33. The molecule has 27 heavy (non-hydrogen) atoms. The Morgan fingerprint density at radius 2 is 1.74 bits per heavy atom. The van der Waals surface area contributed by atoms with Crippen molar-refractivity contribution in [3.63, 3.8) is 0 Å². The Labute approximate surface area is 155 Å². The van der Waals surface area contributed by atoms with E-state index >= 15 is 0 Å². The minimum Gasteiger partial charge on any atom is -0.481 e. The number of halogens is 1. The monoisotopic (exact) mass is 374 g/mol. The summed E-state index contributed by atoms with van der Waals surface area (Å²) in [5, 5.41) is 11.3. The third kappa shape index (κ3) is 6.10. The van der Waals surface area contributed by atoms with Gasteiger partial charge in [-0.2, -0.15) is 0 Å². The summed E-state index contributed by atoms with van der Waals surface area (Å²) in [6, 6.07) is 12.7. The number of nitrogens with zero attached hydrogens (tertiary/aromatic N) is 1. The number of nitrogens with one attached hydrogen (secondary N) is 1. The molecule has 142 valence electrons. The second-order valence-corrected chi connectivity index (χ2v) is 5.73. The molecule has 8 heteroatoms. The molecule has 2 N–H and O–H groups in total. The highest BCUT2D eigenvalue weighted by Crippen LogP contribution is 2.15. The van der Waals surface area contributed by atoms with E-state index in [0.717, 1.165) is 10.5 Å². The Kier molecular flexibility index (Phi) is 6.87. The number of carbonyl (C=O) groups is 3. The Morgan fingerprint density at radius 1 is 1.11 bits per heavy atom. The number of ether oxygens (including phenoxy) is 1. The highest BCUT2D eigenvalue weighted by Gasteiger charge is 2.27. The van der Waals surface area contributed by atoms with Gasteiger partial charge in [0.25, 0.3) is 0 Å². The molecule has 2 aromatic rings. The maximum atomic E-state index is 13.0. The van der Waals surface area contributed by atoms with Crippen molar-refractivity contribution in [2.45, 2.75) is 19.1 Å². The van der Waals surface area contributed by atoms with E-state index in [-0.39, 0.29) is 6.61 Å². The highest BCUT2D eigenvalue weighted by molar-refractivity contribution is 6.00. The van der Waals surface area contributed by atoms with E-state index in [0.29, 0.717) is 5.69 Å². The van der Waals surface area contributed by atoms with Gasteiger partial charge in [0.05, 0.1) is 6.42 Å². The summed E-state index contributed by atoms with van der Waals surface area (Å²) in [6.07, 6.45) is -1.53. The smallest absolute Gasteiger partial charge is 0.408 e. The standard InChI is InChI=1S/C19H19FN2O5/c1-22(15-9-7-14(20)8-10-15)18(25)16(11-17(23)24)21-19(26)27-12-13-5-3-2-4-6-13/h2-10,16H,11-12H2,1H3,(H,21,26)(H,23,24)/t16-/m0/s1. The first kappa shape index (κ1) is 19.9. The number of rotatable bonds is 7. The molecule has 1 atom stereocenters. The van der Waals surface area contributed by atoms with E-state index < -0.39 is 36.2 Å². The average Bonchev–Trinajstić information content (AvgIpc) is 2.66. The second-order valence-electron chi connectivity index (χ2n) is 5.73. The number of benzene rings is 2. The molecule has 0 bridgehead atoms. The quantitative estimate of drug-likeness (QED) is 0.777. The summed E-state index contributed by atoms with van der Waals surface area (Å²) in [4.78, 5) is 36.8. The minimum atomic E-state index is -1.33. The summed E-state index contributed by atoms with van der Waals surface area (Å²) in [7, 11) is 1.40. The van der Waals surface area contributed by atoms with Crippen molar-refractivity contribution >= 4 is 23.7 Å². The zero-order valence-corrected chi connectivity index (χ0v) is 14.6. The molecule has 0 saturated heterocycles. The van der Waals surface area contributed by atoms with Crippen LogP contribution in [0.1, 0.15) is 12.0 Å². The van der Waals surface area contributed by atoms with E-state index in [1.807, 2.05) is 6.07 Å². The fourth-order valence-corrected chi connectivity index (χ4v) is 2.31. The van der Waals surface area contributed by atoms with Crippen molar-refractivity contribution in [2.75, 3.05) is 11.9 Å². The number of hydrogen-bond acceptors (Lipinski definition) is 4. The number of amides is 2. The zero-order chi connectivity index (χ0) is 19.8. The van der Waals surface area contributed by atoms with Crippen LogP contribution in [0.25, 0.3) is 0 Å². The summed E-state index contributed by atoms with van der Waals surface area (Å²) < 4.78 is 18.1. The fraction of sp³-hybridized carbons (Fsp3) is 0.211. The number of anilines is 1. The number of aliphatic carboxylic acids is 1. The molecular weight excluding hydrogens is 355 g/mol. The van der Waals surface area contributed by atoms with Gasteiger partial charge in [0.2, 0.25) is 5.91 Å². The predicted molar refractivity (Wildman–Crippen MR) is 95.6 cm³/mol. The first-order valence-electron chi connectivity index (χ1n) is 8.09. The maximum Gasteiger partial charge on any atom is 0.408 e. The molecule has 2 amide bonds. The van der Waals surface area contributed by atoms with Crippen LogP contribution >= 0.6 is 0 Å². The Balaban J connectivity index is 2.02. The molecule has 0 aliphatic rings. The number of carboxylic acids is 1.